The van der Waals surface area contributed by atoms with Crippen molar-refractivity contribution in [2.75, 3.05) is 0 Å². The minimum absolute atomic E-state index is 0.444. The summed E-state index contributed by atoms with van der Waals surface area (Å²) in [5.41, 5.74) is 0. The number of Topliss-reactive ketones (excluding diaryl/α,β-unsaturated/α-hetero) is 1. The van der Waals surface area contributed by atoms with Gasteiger partial charge >= 0.3 is 0 Å². The van der Waals surface area contributed by atoms with E-state index in [1.165, 1.54) is 6.42 Å². The molecule has 1 heteroatoms. The van der Waals surface area contributed by atoms with Crippen LogP contribution in [0.2, 0.25) is 0 Å². The number of rotatable bonds is 0. The average Bonchev–Trinajstić information content (AvgIpc) is 2.36. The Morgan fingerprint density at radius 1 is 1.30 bits per heavy atom. The molecule has 2 aliphatic rings. The molecule has 0 heterocycles. The van der Waals surface area contributed by atoms with Gasteiger partial charge in [-0.2, -0.15) is 0 Å². The van der Waals surface area contributed by atoms with Crippen molar-refractivity contribution in [2.24, 2.45) is 23.7 Å². The third-order valence-corrected chi connectivity index (χ3v) is 3.64. The Balaban J connectivity index is 2.24. The van der Waals surface area contributed by atoms with Crippen molar-refractivity contribution in [3.8, 4) is 0 Å². The standard InChI is InChI=1S/C9H14O/c1-5-6(2)8-3-7(5)4-9(8)10/h5-8H,3-4H2,1-2H3/t5-,6+,7-,8-/m0/s1. The molecule has 10 heavy (non-hydrogen) atoms. The van der Waals surface area contributed by atoms with Gasteiger partial charge in [-0.15, -0.1) is 0 Å². The molecule has 0 aliphatic heterocycles. The molecule has 0 saturated heterocycles. The van der Waals surface area contributed by atoms with E-state index in [0.717, 1.165) is 18.3 Å². The maximum absolute atomic E-state index is 11.2. The topological polar surface area (TPSA) is 17.1 Å². The molecule has 1 nitrogen and oxygen atoms in total. The Labute approximate surface area is 61.8 Å². The van der Waals surface area contributed by atoms with Gasteiger partial charge in [0.15, 0.2) is 0 Å². The van der Waals surface area contributed by atoms with Gasteiger partial charge in [-0.05, 0) is 24.2 Å². The van der Waals surface area contributed by atoms with Gasteiger partial charge in [0.25, 0.3) is 0 Å². The molecule has 0 spiro atoms. The summed E-state index contributed by atoms with van der Waals surface area (Å²) in [5.74, 6) is 3.21. The van der Waals surface area contributed by atoms with E-state index in [4.69, 9.17) is 0 Å². The zero-order valence-corrected chi connectivity index (χ0v) is 6.63. The molecule has 0 aromatic rings. The molecule has 0 N–H and O–H groups in total. The number of ketones is 1. The lowest BCUT2D eigenvalue weighted by atomic mass is 9.81. The highest BCUT2D eigenvalue weighted by Crippen LogP contribution is 2.49. The second kappa shape index (κ2) is 1.84. The third-order valence-electron chi connectivity index (χ3n) is 3.64. The van der Waals surface area contributed by atoms with Gasteiger partial charge in [0, 0.05) is 12.3 Å². The molecule has 0 aromatic heterocycles. The zero-order valence-electron chi connectivity index (χ0n) is 6.63. The highest BCUT2D eigenvalue weighted by molar-refractivity contribution is 5.84. The lowest BCUT2D eigenvalue weighted by Crippen LogP contribution is -2.23. The second-order valence-corrected chi connectivity index (χ2v) is 3.99. The highest BCUT2D eigenvalue weighted by atomic mass is 16.1. The summed E-state index contributed by atoms with van der Waals surface area (Å²) in [6, 6.07) is 0. The Hall–Kier alpha value is -0.330. The van der Waals surface area contributed by atoms with E-state index in [0.29, 0.717) is 17.6 Å². The Bertz CT molecular complexity index is 172. The molecule has 0 unspecified atom stereocenters. The van der Waals surface area contributed by atoms with Crippen molar-refractivity contribution in [3.63, 3.8) is 0 Å². The van der Waals surface area contributed by atoms with E-state index in [-0.39, 0.29) is 0 Å². The van der Waals surface area contributed by atoms with Crippen LogP contribution in [-0.2, 0) is 4.79 Å². The third kappa shape index (κ3) is 0.609. The molecule has 56 valence electrons. The fourth-order valence-electron chi connectivity index (χ4n) is 2.65. The summed E-state index contributed by atoms with van der Waals surface area (Å²) < 4.78 is 0. The Morgan fingerprint density at radius 2 is 2.00 bits per heavy atom. The van der Waals surface area contributed by atoms with Crippen LogP contribution in [0.3, 0.4) is 0 Å². The van der Waals surface area contributed by atoms with Gasteiger partial charge in [0.2, 0.25) is 0 Å². The van der Waals surface area contributed by atoms with Crippen LogP contribution in [0, 0.1) is 23.7 Å². The lowest BCUT2D eigenvalue weighted by molar-refractivity contribution is -0.123. The van der Waals surface area contributed by atoms with E-state index in [9.17, 15) is 4.79 Å². The van der Waals surface area contributed by atoms with Crippen LogP contribution in [0.1, 0.15) is 26.7 Å². The number of carbonyl (C=O) groups is 1. The van der Waals surface area contributed by atoms with Crippen LogP contribution in [-0.4, -0.2) is 5.78 Å². The molecule has 2 saturated carbocycles. The van der Waals surface area contributed by atoms with Crippen LogP contribution >= 0.6 is 0 Å². The number of carbonyl (C=O) groups excluding carboxylic acids is 1. The maximum Gasteiger partial charge on any atom is 0.136 e. The molecule has 2 aliphatic carbocycles. The first kappa shape index (κ1) is 6.38. The average molecular weight is 138 g/mol. The van der Waals surface area contributed by atoms with E-state index in [1.54, 1.807) is 0 Å². The minimum Gasteiger partial charge on any atom is -0.299 e. The van der Waals surface area contributed by atoms with E-state index in [1.807, 2.05) is 0 Å². The fourth-order valence-corrected chi connectivity index (χ4v) is 2.65. The molecule has 2 rings (SSSR count). The predicted molar refractivity (Wildman–Crippen MR) is 39.5 cm³/mol. The molecule has 0 aromatic carbocycles. The van der Waals surface area contributed by atoms with Crippen LogP contribution < -0.4 is 0 Å². The maximum atomic E-state index is 11.2. The largest absolute Gasteiger partial charge is 0.299 e. The molecule has 2 bridgehead atoms. The summed E-state index contributed by atoms with van der Waals surface area (Å²) in [7, 11) is 0. The van der Waals surface area contributed by atoms with Crippen molar-refractivity contribution in [2.45, 2.75) is 26.7 Å². The van der Waals surface area contributed by atoms with Crippen molar-refractivity contribution in [3.05, 3.63) is 0 Å². The van der Waals surface area contributed by atoms with Crippen LogP contribution in [0.25, 0.3) is 0 Å². The van der Waals surface area contributed by atoms with Gasteiger partial charge in [0.1, 0.15) is 5.78 Å². The summed E-state index contributed by atoms with van der Waals surface area (Å²) in [5, 5.41) is 0. The monoisotopic (exact) mass is 138 g/mol. The lowest BCUT2D eigenvalue weighted by Gasteiger charge is -2.23. The number of fused-ring (bicyclic) bond motifs is 2. The van der Waals surface area contributed by atoms with E-state index >= 15 is 0 Å². The first-order valence-electron chi connectivity index (χ1n) is 4.23. The molecule has 0 radical (unpaired) electrons. The summed E-state index contributed by atoms with van der Waals surface area (Å²) in [4.78, 5) is 11.2. The Kier molecular flexibility index (Phi) is 1.17. The van der Waals surface area contributed by atoms with Crippen LogP contribution in [0.5, 0.6) is 0 Å². The van der Waals surface area contributed by atoms with Crippen LogP contribution in [0.4, 0.5) is 0 Å². The molecule has 2 fully saturated rings. The van der Waals surface area contributed by atoms with Crippen molar-refractivity contribution in [1.82, 2.24) is 0 Å². The summed E-state index contributed by atoms with van der Waals surface area (Å²) >= 11 is 0. The Morgan fingerprint density at radius 3 is 2.40 bits per heavy atom. The second-order valence-electron chi connectivity index (χ2n) is 3.99. The first-order chi connectivity index (χ1) is 4.70. The fraction of sp³-hybridized carbons (Fsp3) is 0.889. The molecule has 0 amide bonds. The summed E-state index contributed by atoms with van der Waals surface area (Å²) in [6.45, 7) is 4.52. The minimum atomic E-state index is 0.444. The number of hydrogen-bond acceptors (Lipinski definition) is 1. The zero-order chi connectivity index (χ0) is 7.30. The van der Waals surface area contributed by atoms with Gasteiger partial charge < -0.3 is 0 Å². The summed E-state index contributed by atoms with van der Waals surface area (Å²) in [6.07, 6.45) is 2.08. The predicted octanol–water partition coefficient (Wildman–Crippen LogP) is 1.87. The molecular weight excluding hydrogens is 124 g/mol. The first-order valence-corrected chi connectivity index (χ1v) is 4.23. The molecular formula is C9H14O. The van der Waals surface area contributed by atoms with Gasteiger partial charge in [-0.1, -0.05) is 13.8 Å². The van der Waals surface area contributed by atoms with E-state index in [2.05, 4.69) is 13.8 Å². The smallest absolute Gasteiger partial charge is 0.136 e. The highest BCUT2D eigenvalue weighted by Gasteiger charge is 2.47. The quantitative estimate of drug-likeness (QED) is 0.499. The van der Waals surface area contributed by atoms with Gasteiger partial charge in [-0.25, -0.2) is 0 Å². The number of hydrogen-bond donors (Lipinski definition) is 0. The van der Waals surface area contributed by atoms with Crippen molar-refractivity contribution < 1.29 is 4.79 Å². The van der Waals surface area contributed by atoms with Crippen molar-refractivity contribution in [1.29, 1.82) is 0 Å². The van der Waals surface area contributed by atoms with Gasteiger partial charge in [-0.3, -0.25) is 4.79 Å². The SMILES string of the molecule is C[C@@H]1[C@@H]2CC(=O)[C@@H](C2)[C@@H]1C. The van der Waals surface area contributed by atoms with Crippen molar-refractivity contribution >= 4 is 5.78 Å². The normalized spacial score (nSPS) is 52.4. The van der Waals surface area contributed by atoms with Crippen LogP contribution in [0.15, 0.2) is 0 Å². The van der Waals surface area contributed by atoms with E-state index < -0.39 is 0 Å². The van der Waals surface area contributed by atoms with Gasteiger partial charge in [0.05, 0.1) is 0 Å². The molecule has 4 atom stereocenters.